The van der Waals surface area contributed by atoms with E-state index < -0.39 is 28.1 Å². The van der Waals surface area contributed by atoms with E-state index in [9.17, 15) is 18.3 Å². The zero-order valence-corrected chi connectivity index (χ0v) is 14.2. The first kappa shape index (κ1) is 18.1. The highest BCUT2D eigenvalue weighted by molar-refractivity contribution is 7.89. The molecule has 0 spiro atoms. The molecular weight excluding hydrogens is 330 g/mol. The molecular formula is C17H19NO5S. The third-order valence-corrected chi connectivity index (χ3v) is 4.98. The van der Waals surface area contributed by atoms with E-state index in [4.69, 9.17) is 0 Å². The molecule has 7 heteroatoms. The number of nitrogens with one attached hydrogen (secondary N) is 1. The molecule has 0 aliphatic rings. The SMILES string of the molecule is COC(=O)[C@H](NS(=O)(=O)c1ccc(C)cc1)[C@H](O)c1ccccc1. The van der Waals surface area contributed by atoms with Crippen molar-refractivity contribution in [2.45, 2.75) is 24.0 Å². The lowest BCUT2D eigenvalue weighted by Gasteiger charge is -2.22. The normalized spacial score (nSPS) is 14.0. The average Bonchev–Trinajstić information content (AvgIpc) is 2.59. The molecule has 128 valence electrons. The molecule has 0 radical (unpaired) electrons. The van der Waals surface area contributed by atoms with Crippen LogP contribution >= 0.6 is 0 Å². The molecule has 2 atom stereocenters. The van der Waals surface area contributed by atoms with E-state index in [1.165, 1.54) is 12.1 Å². The number of ether oxygens (including phenoxy) is 1. The Bertz CT molecular complexity index is 787. The van der Waals surface area contributed by atoms with Crippen molar-refractivity contribution < 1.29 is 23.1 Å². The summed E-state index contributed by atoms with van der Waals surface area (Å²) in [6.07, 6.45) is -1.38. The maximum atomic E-state index is 12.5. The number of carbonyl (C=O) groups is 1. The van der Waals surface area contributed by atoms with Gasteiger partial charge < -0.3 is 9.84 Å². The summed E-state index contributed by atoms with van der Waals surface area (Å²) in [7, 11) is -2.86. The summed E-state index contributed by atoms with van der Waals surface area (Å²) < 4.78 is 31.8. The lowest BCUT2D eigenvalue weighted by Crippen LogP contribution is -2.45. The molecule has 0 saturated carbocycles. The second-order valence-electron chi connectivity index (χ2n) is 5.29. The van der Waals surface area contributed by atoms with Gasteiger partial charge >= 0.3 is 5.97 Å². The van der Waals surface area contributed by atoms with Gasteiger partial charge in [-0.25, -0.2) is 8.42 Å². The van der Waals surface area contributed by atoms with E-state index in [1.807, 2.05) is 6.92 Å². The molecule has 2 N–H and O–H groups in total. The summed E-state index contributed by atoms with van der Waals surface area (Å²) >= 11 is 0. The quantitative estimate of drug-likeness (QED) is 0.772. The minimum atomic E-state index is -4.00. The molecule has 0 bridgehead atoms. The minimum Gasteiger partial charge on any atom is -0.468 e. The van der Waals surface area contributed by atoms with Crippen LogP contribution in [0, 0.1) is 6.92 Å². The highest BCUT2D eigenvalue weighted by Crippen LogP contribution is 2.20. The first-order chi connectivity index (χ1) is 11.3. The van der Waals surface area contributed by atoms with Crippen LogP contribution in [0.3, 0.4) is 0 Å². The highest BCUT2D eigenvalue weighted by atomic mass is 32.2. The summed E-state index contributed by atoms with van der Waals surface area (Å²) in [6, 6.07) is 13.0. The largest absolute Gasteiger partial charge is 0.468 e. The Hall–Kier alpha value is -2.22. The van der Waals surface area contributed by atoms with Crippen LogP contribution < -0.4 is 4.72 Å². The smallest absolute Gasteiger partial charge is 0.326 e. The van der Waals surface area contributed by atoms with E-state index in [-0.39, 0.29) is 4.90 Å². The van der Waals surface area contributed by atoms with Crippen molar-refractivity contribution in [3.8, 4) is 0 Å². The van der Waals surface area contributed by atoms with Gasteiger partial charge in [0.15, 0.2) is 0 Å². The molecule has 24 heavy (non-hydrogen) atoms. The number of sulfonamides is 1. The van der Waals surface area contributed by atoms with Gasteiger partial charge in [0.05, 0.1) is 12.0 Å². The van der Waals surface area contributed by atoms with Crippen LogP contribution in [0.2, 0.25) is 0 Å². The van der Waals surface area contributed by atoms with Crippen LogP contribution in [0.5, 0.6) is 0 Å². The molecule has 0 unspecified atom stereocenters. The second kappa shape index (κ2) is 7.57. The number of carbonyl (C=O) groups excluding carboxylic acids is 1. The fraction of sp³-hybridized carbons (Fsp3) is 0.235. The van der Waals surface area contributed by atoms with Crippen molar-refractivity contribution >= 4 is 16.0 Å². The van der Waals surface area contributed by atoms with Crippen LogP contribution in [0.15, 0.2) is 59.5 Å². The number of hydrogen-bond acceptors (Lipinski definition) is 5. The monoisotopic (exact) mass is 349 g/mol. The number of rotatable bonds is 6. The summed E-state index contributed by atoms with van der Waals surface area (Å²) in [5.74, 6) is -0.873. The summed E-state index contributed by atoms with van der Waals surface area (Å²) in [5, 5.41) is 10.4. The number of benzene rings is 2. The Balaban J connectivity index is 2.32. The van der Waals surface area contributed by atoms with Gasteiger partial charge in [0.2, 0.25) is 10.0 Å². The molecule has 6 nitrogen and oxygen atoms in total. The molecule has 2 rings (SSSR count). The Morgan fingerprint density at radius 1 is 1.08 bits per heavy atom. The molecule has 0 heterocycles. The topological polar surface area (TPSA) is 92.7 Å². The van der Waals surface area contributed by atoms with Crippen molar-refractivity contribution in [2.24, 2.45) is 0 Å². The van der Waals surface area contributed by atoms with Crippen molar-refractivity contribution in [1.82, 2.24) is 4.72 Å². The van der Waals surface area contributed by atoms with Gasteiger partial charge in [0.1, 0.15) is 12.1 Å². The van der Waals surface area contributed by atoms with E-state index in [2.05, 4.69) is 9.46 Å². The van der Waals surface area contributed by atoms with Gasteiger partial charge in [0, 0.05) is 0 Å². The van der Waals surface area contributed by atoms with E-state index in [1.54, 1.807) is 42.5 Å². The van der Waals surface area contributed by atoms with E-state index in [0.29, 0.717) is 5.56 Å². The standard InChI is InChI=1S/C17H19NO5S/c1-12-8-10-14(11-9-12)24(21,22)18-15(17(20)23-2)16(19)13-6-4-3-5-7-13/h3-11,15-16,18-19H,1-2H3/t15-,16-/m1/s1. The van der Waals surface area contributed by atoms with Crippen molar-refractivity contribution in [3.05, 3.63) is 65.7 Å². The van der Waals surface area contributed by atoms with Crippen LogP contribution in [0.4, 0.5) is 0 Å². The Labute approximate surface area is 141 Å². The van der Waals surface area contributed by atoms with Crippen molar-refractivity contribution in [3.63, 3.8) is 0 Å². The maximum absolute atomic E-state index is 12.5. The molecule has 0 fully saturated rings. The number of esters is 1. The summed E-state index contributed by atoms with van der Waals surface area (Å²) in [6.45, 7) is 1.83. The minimum absolute atomic E-state index is 0.00210. The lowest BCUT2D eigenvalue weighted by molar-refractivity contribution is -0.145. The number of aliphatic hydroxyl groups is 1. The maximum Gasteiger partial charge on any atom is 0.326 e. The first-order valence-corrected chi connectivity index (χ1v) is 8.73. The molecule has 0 aliphatic heterocycles. The van der Waals surface area contributed by atoms with Crippen LogP contribution in [0.25, 0.3) is 0 Å². The molecule has 2 aromatic carbocycles. The molecule has 0 amide bonds. The second-order valence-corrected chi connectivity index (χ2v) is 7.00. The fourth-order valence-electron chi connectivity index (χ4n) is 2.16. The molecule has 0 aliphatic carbocycles. The summed E-state index contributed by atoms with van der Waals surface area (Å²) in [5.41, 5.74) is 1.31. The fourth-order valence-corrected chi connectivity index (χ4v) is 3.35. The van der Waals surface area contributed by atoms with Gasteiger partial charge in [-0.3, -0.25) is 4.79 Å². The van der Waals surface area contributed by atoms with Crippen molar-refractivity contribution in [2.75, 3.05) is 7.11 Å². The number of methoxy groups -OCH3 is 1. The Kier molecular flexibility index (Phi) is 5.71. The average molecular weight is 349 g/mol. The molecule has 0 saturated heterocycles. The zero-order chi connectivity index (χ0) is 17.7. The van der Waals surface area contributed by atoms with E-state index in [0.717, 1.165) is 12.7 Å². The van der Waals surface area contributed by atoms with Gasteiger partial charge in [-0.2, -0.15) is 4.72 Å². The van der Waals surface area contributed by atoms with Gasteiger partial charge in [-0.15, -0.1) is 0 Å². The molecule has 2 aromatic rings. The Morgan fingerprint density at radius 3 is 2.21 bits per heavy atom. The lowest BCUT2D eigenvalue weighted by atomic mass is 10.0. The predicted molar refractivity (Wildman–Crippen MR) is 88.7 cm³/mol. The number of hydrogen-bond donors (Lipinski definition) is 2. The van der Waals surface area contributed by atoms with Crippen LogP contribution in [0.1, 0.15) is 17.2 Å². The molecule has 0 aromatic heterocycles. The van der Waals surface area contributed by atoms with Gasteiger partial charge in [-0.05, 0) is 24.6 Å². The summed E-state index contributed by atoms with van der Waals surface area (Å²) in [4.78, 5) is 12.0. The number of aliphatic hydroxyl groups excluding tert-OH is 1. The van der Waals surface area contributed by atoms with Crippen LogP contribution in [-0.2, 0) is 19.6 Å². The first-order valence-electron chi connectivity index (χ1n) is 7.25. The van der Waals surface area contributed by atoms with Crippen LogP contribution in [-0.4, -0.2) is 32.6 Å². The van der Waals surface area contributed by atoms with Gasteiger partial charge in [-0.1, -0.05) is 48.0 Å². The Morgan fingerprint density at radius 2 is 1.67 bits per heavy atom. The predicted octanol–water partition coefficient (Wildman–Crippen LogP) is 1.55. The van der Waals surface area contributed by atoms with E-state index >= 15 is 0 Å². The van der Waals surface area contributed by atoms with Gasteiger partial charge in [0.25, 0.3) is 0 Å². The van der Waals surface area contributed by atoms with Crippen molar-refractivity contribution in [1.29, 1.82) is 0 Å². The third kappa shape index (κ3) is 4.19. The number of aryl methyl sites for hydroxylation is 1. The highest BCUT2D eigenvalue weighted by Gasteiger charge is 2.33. The zero-order valence-electron chi connectivity index (χ0n) is 13.3. The third-order valence-electron chi connectivity index (χ3n) is 3.53.